The highest BCUT2D eigenvalue weighted by atomic mass is 35.5. The van der Waals surface area contributed by atoms with E-state index >= 15 is 0 Å². The van der Waals surface area contributed by atoms with Gasteiger partial charge in [-0.1, -0.05) is 6.58 Å². The smallest absolute Gasteiger partial charge is 0.115 e. The van der Waals surface area contributed by atoms with E-state index in [4.69, 9.17) is 11.6 Å². The average Bonchev–Trinajstić information content (AvgIpc) is 2.05. The first-order valence-corrected chi connectivity index (χ1v) is 3.37. The summed E-state index contributed by atoms with van der Waals surface area (Å²) in [5.41, 5.74) is 1.75. The minimum atomic E-state index is 0.424. The van der Waals surface area contributed by atoms with Crippen LogP contribution in [0.4, 0.5) is 0 Å². The van der Waals surface area contributed by atoms with Crippen LogP contribution < -0.4 is 0 Å². The van der Waals surface area contributed by atoms with Crippen molar-refractivity contribution in [1.29, 1.82) is 0 Å². The molecule has 3 heteroatoms. The van der Waals surface area contributed by atoms with Gasteiger partial charge in [0.05, 0.1) is 0 Å². The van der Waals surface area contributed by atoms with Crippen molar-refractivity contribution in [2.45, 2.75) is 0 Å². The van der Waals surface area contributed by atoms with Crippen molar-refractivity contribution >= 4 is 17.2 Å². The second-order valence-corrected chi connectivity index (χ2v) is 2.13. The van der Waals surface area contributed by atoms with Crippen molar-refractivity contribution in [1.82, 2.24) is 9.97 Å². The molecule has 1 aromatic heterocycles. The lowest BCUT2D eigenvalue weighted by atomic mass is 10.2. The summed E-state index contributed by atoms with van der Waals surface area (Å²) in [6, 6.07) is 0. The maximum Gasteiger partial charge on any atom is 0.115 e. The minimum Gasteiger partial charge on any atom is -0.244 e. The summed E-state index contributed by atoms with van der Waals surface area (Å²) in [6.45, 7) is 3.73. The van der Waals surface area contributed by atoms with Crippen LogP contribution in [0.3, 0.4) is 0 Å². The summed E-state index contributed by atoms with van der Waals surface area (Å²) >= 11 is 5.53. The molecule has 0 fully saturated rings. The van der Waals surface area contributed by atoms with Crippen molar-refractivity contribution in [3.8, 4) is 0 Å². The third kappa shape index (κ3) is 1.54. The standard InChI is InChI=1S/C7H7ClN2/c1-6(2-8)7-3-9-5-10-4-7/h3-5H,1-2H2. The van der Waals surface area contributed by atoms with Crippen LogP contribution in [0.1, 0.15) is 5.56 Å². The molecule has 0 radical (unpaired) electrons. The highest BCUT2D eigenvalue weighted by molar-refractivity contribution is 6.23. The predicted octanol–water partition coefficient (Wildman–Crippen LogP) is 1.73. The fourth-order valence-corrected chi connectivity index (χ4v) is 0.713. The summed E-state index contributed by atoms with van der Waals surface area (Å²) in [6.07, 6.45) is 4.86. The quantitative estimate of drug-likeness (QED) is 0.607. The zero-order chi connectivity index (χ0) is 7.40. The van der Waals surface area contributed by atoms with E-state index in [0.29, 0.717) is 5.88 Å². The predicted molar refractivity (Wildman–Crippen MR) is 41.8 cm³/mol. The highest BCUT2D eigenvalue weighted by Gasteiger charge is 1.94. The topological polar surface area (TPSA) is 25.8 Å². The molecule has 0 aliphatic heterocycles. The molecule has 10 heavy (non-hydrogen) atoms. The van der Waals surface area contributed by atoms with Crippen LogP contribution in [-0.2, 0) is 0 Å². The molecular weight excluding hydrogens is 148 g/mol. The molecule has 1 aromatic rings. The summed E-state index contributed by atoms with van der Waals surface area (Å²) in [4.78, 5) is 7.65. The number of rotatable bonds is 2. The summed E-state index contributed by atoms with van der Waals surface area (Å²) < 4.78 is 0. The Balaban J connectivity index is 2.85. The van der Waals surface area contributed by atoms with Gasteiger partial charge < -0.3 is 0 Å². The first-order chi connectivity index (χ1) is 4.84. The summed E-state index contributed by atoms with van der Waals surface area (Å²) in [5, 5.41) is 0. The van der Waals surface area contributed by atoms with E-state index in [9.17, 15) is 0 Å². The maximum atomic E-state index is 5.53. The van der Waals surface area contributed by atoms with Crippen LogP contribution in [0.15, 0.2) is 25.3 Å². The van der Waals surface area contributed by atoms with Gasteiger partial charge in [0, 0.05) is 23.8 Å². The Bertz CT molecular complexity index is 220. The van der Waals surface area contributed by atoms with Gasteiger partial charge >= 0.3 is 0 Å². The van der Waals surface area contributed by atoms with Crippen LogP contribution >= 0.6 is 11.6 Å². The number of alkyl halides is 1. The number of nitrogens with zero attached hydrogens (tertiary/aromatic N) is 2. The second kappa shape index (κ2) is 3.32. The number of hydrogen-bond acceptors (Lipinski definition) is 2. The Kier molecular flexibility index (Phi) is 2.40. The van der Waals surface area contributed by atoms with Gasteiger partial charge in [-0.15, -0.1) is 11.6 Å². The molecule has 0 spiro atoms. The van der Waals surface area contributed by atoms with Crippen LogP contribution in [0.25, 0.3) is 5.57 Å². The fourth-order valence-electron chi connectivity index (χ4n) is 0.559. The molecule has 0 aliphatic carbocycles. The largest absolute Gasteiger partial charge is 0.244 e. The molecule has 0 unspecified atom stereocenters. The Morgan fingerprint density at radius 3 is 2.60 bits per heavy atom. The molecule has 1 heterocycles. The normalized spacial score (nSPS) is 9.30. The third-order valence-corrected chi connectivity index (χ3v) is 1.45. The molecule has 0 saturated heterocycles. The number of allylic oxidation sites excluding steroid dienone is 1. The molecule has 0 aromatic carbocycles. The lowest BCUT2D eigenvalue weighted by molar-refractivity contribution is 1.15. The molecule has 0 saturated carbocycles. The Morgan fingerprint density at radius 1 is 1.50 bits per heavy atom. The monoisotopic (exact) mass is 154 g/mol. The molecule has 0 aliphatic rings. The highest BCUT2D eigenvalue weighted by Crippen LogP contribution is 2.09. The van der Waals surface area contributed by atoms with E-state index in [-0.39, 0.29) is 0 Å². The van der Waals surface area contributed by atoms with Crippen LogP contribution in [-0.4, -0.2) is 15.8 Å². The van der Waals surface area contributed by atoms with Gasteiger partial charge in [0.15, 0.2) is 0 Å². The Morgan fingerprint density at radius 2 is 2.10 bits per heavy atom. The molecule has 1 rings (SSSR count). The maximum absolute atomic E-state index is 5.53. The van der Waals surface area contributed by atoms with Gasteiger partial charge in [-0.2, -0.15) is 0 Å². The molecule has 0 amide bonds. The summed E-state index contributed by atoms with van der Waals surface area (Å²) in [7, 11) is 0. The van der Waals surface area contributed by atoms with E-state index in [0.717, 1.165) is 11.1 Å². The zero-order valence-corrected chi connectivity index (χ0v) is 6.17. The molecule has 52 valence electrons. The molecule has 0 bridgehead atoms. The lowest BCUT2D eigenvalue weighted by Crippen LogP contribution is -1.86. The van der Waals surface area contributed by atoms with Crippen LogP contribution in [0.5, 0.6) is 0 Å². The number of hydrogen-bond donors (Lipinski definition) is 0. The fraction of sp³-hybridized carbons (Fsp3) is 0.143. The Labute approximate surface area is 64.6 Å². The van der Waals surface area contributed by atoms with Crippen molar-refractivity contribution < 1.29 is 0 Å². The van der Waals surface area contributed by atoms with Crippen LogP contribution in [0, 0.1) is 0 Å². The van der Waals surface area contributed by atoms with Crippen molar-refractivity contribution in [3.05, 3.63) is 30.9 Å². The van der Waals surface area contributed by atoms with E-state index < -0.39 is 0 Å². The lowest BCUT2D eigenvalue weighted by Gasteiger charge is -1.96. The van der Waals surface area contributed by atoms with E-state index in [1.165, 1.54) is 6.33 Å². The van der Waals surface area contributed by atoms with Gasteiger partial charge in [0.1, 0.15) is 6.33 Å². The van der Waals surface area contributed by atoms with Gasteiger partial charge in [0.25, 0.3) is 0 Å². The average molecular weight is 155 g/mol. The summed E-state index contributed by atoms with van der Waals surface area (Å²) in [5.74, 6) is 0.424. The van der Waals surface area contributed by atoms with Crippen molar-refractivity contribution in [3.63, 3.8) is 0 Å². The van der Waals surface area contributed by atoms with E-state index in [1.54, 1.807) is 12.4 Å². The van der Waals surface area contributed by atoms with Gasteiger partial charge in [-0.25, -0.2) is 9.97 Å². The van der Waals surface area contributed by atoms with Gasteiger partial charge in [0.2, 0.25) is 0 Å². The van der Waals surface area contributed by atoms with Gasteiger partial charge in [-0.3, -0.25) is 0 Å². The molecule has 0 N–H and O–H groups in total. The number of aromatic nitrogens is 2. The molecule has 2 nitrogen and oxygen atoms in total. The van der Waals surface area contributed by atoms with E-state index in [2.05, 4.69) is 16.5 Å². The first kappa shape index (κ1) is 7.22. The molecular formula is C7H7ClN2. The Hall–Kier alpha value is -0.890. The van der Waals surface area contributed by atoms with E-state index in [1.807, 2.05) is 0 Å². The SMILES string of the molecule is C=C(CCl)c1cncnc1. The van der Waals surface area contributed by atoms with Gasteiger partial charge in [-0.05, 0) is 5.57 Å². The van der Waals surface area contributed by atoms with Crippen molar-refractivity contribution in [2.24, 2.45) is 0 Å². The number of halogens is 1. The third-order valence-electron chi connectivity index (χ3n) is 1.13. The molecule has 0 atom stereocenters. The minimum absolute atomic E-state index is 0.424. The van der Waals surface area contributed by atoms with Crippen molar-refractivity contribution in [2.75, 3.05) is 5.88 Å². The van der Waals surface area contributed by atoms with Crippen LogP contribution in [0.2, 0.25) is 0 Å². The zero-order valence-electron chi connectivity index (χ0n) is 5.42. The first-order valence-electron chi connectivity index (χ1n) is 2.83. The second-order valence-electron chi connectivity index (χ2n) is 1.86.